The van der Waals surface area contributed by atoms with E-state index >= 15 is 0 Å². The third-order valence-electron chi connectivity index (χ3n) is 5.99. The number of nitrogens with zero attached hydrogens (tertiary/aromatic N) is 8. The second-order valence-electron chi connectivity index (χ2n) is 8.31. The Morgan fingerprint density at radius 1 is 0.625 bits per heavy atom. The van der Waals surface area contributed by atoms with Gasteiger partial charge in [0, 0.05) is 35.4 Å². The van der Waals surface area contributed by atoms with E-state index in [1.165, 1.54) is 24.3 Å². The molecular weight excluding hydrogens is 524 g/mol. The number of benzene rings is 4. The molecule has 2 heterocycles. The van der Waals surface area contributed by atoms with Gasteiger partial charge in [0.25, 0.3) is 11.4 Å². The van der Waals surface area contributed by atoms with E-state index in [-0.39, 0.29) is 11.4 Å². The molecule has 0 spiro atoms. The molecule has 6 rings (SSSR count). The minimum Gasteiger partial charge on any atom is -0.280 e. The molecule has 0 bridgehead atoms. The minimum atomic E-state index is -1.18. The number of carbonyl (C=O) groups excluding carboxylic acids is 1. The molecule has 0 fully saturated rings. The Hall–Kier alpha value is -6.25. The van der Waals surface area contributed by atoms with Crippen LogP contribution in [0.1, 0.15) is 0 Å². The van der Waals surface area contributed by atoms with Crippen molar-refractivity contribution in [1.29, 1.82) is 0 Å². The van der Waals surface area contributed by atoms with Crippen LogP contribution in [0.3, 0.4) is 0 Å². The molecule has 4 aromatic carbocycles. The maximum Gasteiger partial charge on any atom is 0.562 e. The molecule has 0 aliphatic heterocycles. The first-order valence-corrected chi connectivity index (χ1v) is 11.5. The van der Waals surface area contributed by atoms with Crippen LogP contribution in [0.15, 0.2) is 84.9 Å². The molecule has 0 amide bonds. The van der Waals surface area contributed by atoms with Crippen LogP contribution in [0.25, 0.3) is 44.3 Å². The lowest BCUT2D eigenvalue weighted by Crippen LogP contribution is -2.30. The summed E-state index contributed by atoms with van der Waals surface area (Å²) in [6, 6.07) is 22.0. The van der Waals surface area contributed by atoms with Crippen molar-refractivity contribution in [2.45, 2.75) is 0 Å². The fraction of sp³-hybridized carbons (Fsp3) is 0. The predicted octanol–water partition coefficient (Wildman–Crippen LogP) is 4.00. The summed E-state index contributed by atoms with van der Waals surface area (Å²) >= 11 is 0. The van der Waals surface area contributed by atoms with Gasteiger partial charge in [-0.3, -0.25) is 29.9 Å². The number of hydrogen-bond donors (Lipinski definition) is 0. The van der Waals surface area contributed by atoms with E-state index < -0.39 is 16.0 Å². The van der Waals surface area contributed by atoms with Crippen LogP contribution < -0.4 is 9.68 Å². The van der Waals surface area contributed by atoms with Crippen molar-refractivity contribution in [3.63, 3.8) is 0 Å². The average molecular weight is 538 g/mol. The Morgan fingerprint density at radius 2 is 1.02 bits per heavy atom. The molecule has 15 nitrogen and oxygen atoms in total. The highest BCUT2D eigenvalue weighted by Crippen LogP contribution is 2.29. The first-order valence-electron chi connectivity index (χ1n) is 11.5. The highest BCUT2D eigenvalue weighted by atomic mass is 16.9. The standard InChI is InChI=1S/C25H14N8O7/c34-25(39-30-21-5-1-3-19(23(21)26-28-30)15-7-11-17(12-8-15)32(35)36)40-31-22-6-2-4-20(24(22)27-29-31)16-9-13-18(14-10-16)33(37)38/h1-14H. The van der Waals surface area contributed by atoms with Crippen molar-refractivity contribution in [3.8, 4) is 22.3 Å². The van der Waals surface area contributed by atoms with E-state index in [4.69, 9.17) is 9.68 Å². The number of hydrogen-bond acceptors (Lipinski definition) is 11. The second-order valence-corrected chi connectivity index (χ2v) is 8.31. The smallest absolute Gasteiger partial charge is 0.280 e. The molecule has 0 unspecified atom stereocenters. The molecule has 0 aliphatic rings. The van der Waals surface area contributed by atoms with Crippen LogP contribution in [0, 0.1) is 20.2 Å². The van der Waals surface area contributed by atoms with Crippen molar-refractivity contribution in [3.05, 3.63) is 105 Å². The van der Waals surface area contributed by atoms with Gasteiger partial charge in [0.1, 0.15) is 22.1 Å². The maximum atomic E-state index is 12.6. The minimum absolute atomic E-state index is 0.0499. The number of carbonyl (C=O) groups is 1. The van der Waals surface area contributed by atoms with Gasteiger partial charge in [-0.1, -0.05) is 34.0 Å². The zero-order valence-corrected chi connectivity index (χ0v) is 20.0. The summed E-state index contributed by atoms with van der Waals surface area (Å²) in [6.07, 6.45) is -1.18. The van der Waals surface area contributed by atoms with Crippen molar-refractivity contribution in [2.24, 2.45) is 0 Å². The van der Waals surface area contributed by atoms with Crippen molar-refractivity contribution < 1.29 is 24.3 Å². The molecular formula is C25H14N8O7. The molecule has 15 heteroatoms. The van der Waals surface area contributed by atoms with Gasteiger partial charge in [-0.2, -0.15) is 4.79 Å². The summed E-state index contributed by atoms with van der Waals surface area (Å²) in [7, 11) is 0. The monoisotopic (exact) mass is 538 g/mol. The summed E-state index contributed by atoms with van der Waals surface area (Å²) in [4.78, 5) is 45.8. The van der Waals surface area contributed by atoms with Crippen LogP contribution in [0.4, 0.5) is 16.2 Å². The predicted molar refractivity (Wildman–Crippen MR) is 138 cm³/mol. The first-order chi connectivity index (χ1) is 19.4. The van der Waals surface area contributed by atoms with E-state index in [1.807, 2.05) is 0 Å². The van der Waals surface area contributed by atoms with Gasteiger partial charge in [-0.25, -0.2) is 0 Å². The average Bonchev–Trinajstić information content (AvgIpc) is 3.57. The number of rotatable bonds is 6. The Kier molecular flexibility index (Phi) is 5.76. The van der Waals surface area contributed by atoms with Gasteiger partial charge in [0.15, 0.2) is 0 Å². The SMILES string of the molecule is O=C(On1nnc2c(-c3ccc([N+](=O)[O-])cc3)cccc21)On1nnc2c(-c3ccc([N+](=O)[O-])cc3)cccc21. The highest BCUT2D eigenvalue weighted by Gasteiger charge is 2.19. The molecule has 0 atom stereocenters. The van der Waals surface area contributed by atoms with Crippen molar-refractivity contribution >= 4 is 39.6 Å². The van der Waals surface area contributed by atoms with E-state index in [9.17, 15) is 25.0 Å². The fourth-order valence-electron chi connectivity index (χ4n) is 4.13. The zero-order valence-electron chi connectivity index (χ0n) is 20.0. The van der Waals surface area contributed by atoms with Crippen LogP contribution in [-0.2, 0) is 0 Å². The van der Waals surface area contributed by atoms with Gasteiger partial charge in [0.2, 0.25) is 0 Å². The van der Waals surface area contributed by atoms with Gasteiger partial charge < -0.3 is 0 Å². The molecule has 0 radical (unpaired) electrons. The molecule has 0 aliphatic carbocycles. The van der Waals surface area contributed by atoms with Crippen LogP contribution in [0.5, 0.6) is 0 Å². The second kappa shape index (κ2) is 9.56. The van der Waals surface area contributed by atoms with Crippen LogP contribution >= 0.6 is 0 Å². The van der Waals surface area contributed by atoms with Crippen LogP contribution in [0.2, 0.25) is 0 Å². The van der Waals surface area contributed by atoms with Gasteiger partial charge in [-0.05, 0) is 58.0 Å². The lowest BCUT2D eigenvalue weighted by Gasteiger charge is -2.06. The maximum absolute atomic E-state index is 12.6. The number of nitro benzene ring substituents is 2. The normalized spacial score (nSPS) is 11.0. The Morgan fingerprint density at radius 3 is 1.40 bits per heavy atom. The highest BCUT2D eigenvalue weighted by molar-refractivity contribution is 5.92. The van der Waals surface area contributed by atoms with Gasteiger partial charge in [0.05, 0.1) is 9.85 Å². The zero-order chi connectivity index (χ0) is 27.8. The molecule has 0 saturated carbocycles. The van der Waals surface area contributed by atoms with Crippen molar-refractivity contribution in [1.82, 2.24) is 30.3 Å². The van der Waals surface area contributed by atoms with E-state index in [1.54, 1.807) is 60.7 Å². The topological polar surface area (TPSA) is 183 Å². The Labute approximate surface area is 222 Å². The quantitative estimate of drug-likeness (QED) is 0.170. The number of aromatic nitrogens is 6. The summed E-state index contributed by atoms with van der Waals surface area (Å²) in [6.45, 7) is 0. The lowest BCUT2D eigenvalue weighted by atomic mass is 10.0. The van der Waals surface area contributed by atoms with E-state index in [0.717, 1.165) is 9.69 Å². The van der Waals surface area contributed by atoms with E-state index in [2.05, 4.69) is 20.6 Å². The molecule has 40 heavy (non-hydrogen) atoms. The van der Waals surface area contributed by atoms with Gasteiger partial charge >= 0.3 is 6.16 Å². The summed E-state index contributed by atoms with van der Waals surface area (Å²) < 4.78 is 0. The van der Waals surface area contributed by atoms with Crippen molar-refractivity contribution in [2.75, 3.05) is 0 Å². The lowest BCUT2D eigenvalue weighted by molar-refractivity contribution is -0.385. The number of nitro groups is 2. The fourth-order valence-corrected chi connectivity index (χ4v) is 4.13. The summed E-state index contributed by atoms with van der Waals surface area (Å²) in [5, 5.41) is 37.8. The van der Waals surface area contributed by atoms with Crippen LogP contribution in [-0.4, -0.2) is 46.3 Å². The Bertz CT molecular complexity index is 1790. The molecule has 0 saturated heterocycles. The third kappa shape index (κ3) is 4.28. The van der Waals surface area contributed by atoms with Gasteiger partial charge in [-0.15, -0.1) is 10.2 Å². The molecule has 0 N–H and O–H groups in total. The first kappa shape index (κ1) is 24.1. The number of non-ortho nitro benzene ring substituents is 2. The Balaban J connectivity index is 1.24. The number of fused-ring (bicyclic) bond motifs is 2. The summed E-state index contributed by atoms with van der Waals surface area (Å²) in [5.41, 5.74) is 3.93. The third-order valence-corrected chi connectivity index (χ3v) is 5.99. The van der Waals surface area contributed by atoms with E-state index in [0.29, 0.717) is 44.3 Å². The molecule has 196 valence electrons. The summed E-state index contributed by atoms with van der Waals surface area (Å²) in [5.74, 6) is 0. The molecule has 2 aromatic heterocycles. The molecule has 6 aromatic rings. The largest absolute Gasteiger partial charge is 0.562 e.